The molecule has 2 aromatic heterocycles. The number of hydrogen-bond acceptors (Lipinski definition) is 7. The molecule has 0 atom stereocenters. The van der Waals surface area contributed by atoms with Crippen LogP contribution in [0.3, 0.4) is 0 Å². The third-order valence-electron chi connectivity index (χ3n) is 5.05. The number of aryl methyl sites for hydroxylation is 1. The number of carbonyl (C=O) groups is 3. The Balaban J connectivity index is 1.81. The molecule has 34 heavy (non-hydrogen) atoms. The average Bonchev–Trinajstić information content (AvgIpc) is 3.44. The number of nitrogens with zero attached hydrogens (tertiary/aromatic N) is 2. The van der Waals surface area contributed by atoms with Crippen molar-refractivity contribution in [2.24, 2.45) is 0 Å². The second kappa shape index (κ2) is 10.3. The fourth-order valence-corrected chi connectivity index (χ4v) is 4.89. The molecule has 3 rings (SSSR count). The first-order chi connectivity index (χ1) is 16.0. The zero-order chi connectivity index (χ0) is 25.2. The molecule has 0 unspecified atom stereocenters. The third-order valence-corrected chi connectivity index (χ3v) is 6.61. The number of aromatic nitrogens is 2. The van der Waals surface area contributed by atoms with Crippen molar-refractivity contribution in [2.75, 3.05) is 18.5 Å². The number of halogens is 4. The smallest absolute Gasteiger partial charge is 0.436 e. The van der Waals surface area contributed by atoms with Gasteiger partial charge in [-0.3, -0.25) is 9.48 Å². The van der Waals surface area contributed by atoms with Gasteiger partial charge in [-0.1, -0.05) is 11.6 Å². The number of anilines is 1. The van der Waals surface area contributed by atoms with Gasteiger partial charge in [0.1, 0.15) is 9.88 Å². The molecule has 0 bridgehead atoms. The zero-order valence-corrected chi connectivity index (χ0v) is 20.2. The molecule has 13 heteroatoms. The van der Waals surface area contributed by atoms with Crippen molar-refractivity contribution in [1.82, 2.24) is 9.78 Å². The fraction of sp³-hybridized carbons (Fsp3) is 0.524. The quantitative estimate of drug-likeness (QED) is 0.456. The maximum absolute atomic E-state index is 13.2. The normalized spacial score (nSPS) is 13.6. The van der Waals surface area contributed by atoms with Crippen molar-refractivity contribution in [1.29, 1.82) is 0 Å². The predicted molar refractivity (Wildman–Crippen MR) is 118 cm³/mol. The van der Waals surface area contributed by atoms with Gasteiger partial charge in [0.15, 0.2) is 5.69 Å². The first-order valence-corrected chi connectivity index (χ1v) is 11.8. The summed E-state index contributed by atoms with van der Waals surface area (Å²) < 4.78 is 50.9. The Kier molecular flexibility index (Phi) is 7.91. The maximum atomic E-state index is 13.2. The lowest BCUT2D eigenvalue weighted by Crippen LogP contribution is -2.18. The number of amides is 1. The molecule has 0 aliphatic heterocycles. The van der Waals surface area contributed by atoms with E-state index in [1.54, 1.807) is 13.8 Å². The molecule has 0 saturated heterocycles. The average molecular weight is 522 g/mol. The second-order valence-corrected chi connectivity index (χ2v) is 8.94. The van der Waals surface area contributed by atoms with Gasteiger partial charge in [-0.2, -0.15) is 18.3 Å². The van der Waals surface area contributed by atoms with Crippen molar-refractivity contribution in [3.05, 3.63) is 32.4 Å². The highest BCUT2D eigenvalue weighted by Crippen LogP contribution is 2.47. The first-order valence-electron chi connectivity index (χ1n) is 10.6. The molecule has 1 fully saturated rings. The molecule has 186 valence electrons. The van der Waals surface area contributed by atoms with E-state index in [1.807, 2.05) is 0 Å². The number of alkyl halides is 3. The number of rotatable bonds is 9. The van der Waals surface area contributed by atoms with Crippen LogP contribution in [-0.4, -0.2) is 40.8 Å². The number of thiophene rings is 1. The Labute approximate surface area is 202 Å². The molecule has 0 radical (unpaired) electrons. The van der Waals surface area contributed by atoms with Crippen LogP contribution in [0.25, 0.3) is 0 Å². The summed E-state index contributed by atoms with van der Waals surface area (Å²) in [6.07, 6.45) is -3.55. The highest BCUT2D eigenvalue weighted by molar-refractivity contribution is 7.18. The third kappa shape index (κ3) is 5.54. The van der Waals surface area contributed by atoms with Crippen molar-refractivity contribution in [3.8, 4) is 0 Å². The number of carbonyl (C=O) groups excluding carboxylic acids is 3. The Bertz CT molecular complexity index is 1110. The van der Waals surface area contributed by atoms with Gasteiger partial charge in [0.05, 0.1) is 36.0 Å². The van der Waals surface area contributed by atoms with E-state index in [0.29, 0.717) is 18.4 Å². The monoisotopic (exact) mass is 521 g/mol. The molecule has 1 aliphatic rings. The molecule has 8 nitrogen and oxygen atoms in total. The number of hydrogen-bond donors (Lipinski definition) is 1. The molecule has 0 aromatic carbocycles. The standard InChI is InChI=1S/C21H23ClF3N3O5S/c1-4-32-19(30)13-10(3)16(20(31)33-5-2)34-18(13)26-12(29)8-9-28-15(11-6-7-11)14(22)17(27-28)21(23,24)25/h11H,4-9H2,1-3H3,(H,26,29). The Morgan fingerprint density at radius 2 is 1.79 bits per heavy atom. The molecule has 1 saturated carbocycles. The summed E-state index contributed by atoms with van der Waals surface area (Å²) in [5.41, 5.74) is -0.565. The van der Waals surface area contributed by atoms with E-state index in [1.165, 1.54) is 6.92 Å². The highest BCUT2D eigenvalue weighted by Gasteiger charge is 2.42. The van der Waals surface area contributed by atoms with Crippen LogP contribution in [0.1, 0.15) is 76.0 Å². The Morgan fingerprint density at radius 3 is 2.35 bits per heavy atom. The summed E-state index contributed by atoms with van der Waals surface area (Å²) in [4.78, 5) is 37.5. The van der Waals surface area contributed by atoms with Gasteiger partial charge < -0.3 is 14.8 Å². The van der Waals surface area contributed by atoms with Crippen LogP contribution >= 0.6 is 22.9 Å². The first kappa shape index (κ1) is 26.0. The van der Waals surface area contributed by atoms with Gasteiger partial charge in [-0.15, -0.1) is 11.3 Å². The summed E-state index contributed by atoms with van der Waals surface area (Å²) in [5, 5.41) is 5.83. The van der Waals surface area contributed by atoms with Crippen LogP contribution in [0.2, 0.25) is 5.02 Å². The molecular formula is C21H23ClF3N3O5S. The van der Waals surface area contributed by atoms with Crippen LogP contribution in [0.15, 0.2) is 0 Å². The van der Waals surface area contributed by atoms with Crippen molar-refractivity contribution < 1.29 is 37.0 Å². The lowest BCUT2D eigenvalue weighted by molar-refractivity contribution is -0.141. The van der Waals surface area contributed by atoms with Crippen LogP contribution in [-0.2, 0) is 27.0 Å². The van der Waals surface area contributed by atoms with Gasteiger partial charge in [0, 0.05) is 12.3 Å². The van der Waals surface area contributed by atoms with Gasteiger partial charge in [-0.05, 0) is 39.2 Å². The Morgan fingerprint density at radius 1 is 1.18 bits per heavy atom. The van der Waals surface area contributed by atoms with E-state index in [9.17, 15) is 27.6 Å². The minimum atomic E-state index is -4.71. The lowest BCUT2D eigenvalue weighted by Gasteiger charge is -2.09. The molecule has 1 aliphatic carbocycles. The summed E-state index contributed by atoms with van der Waals surface area (Å²) in [7, 11) is 0. The SMILES string of the molecule is CCOC(=O)c1sc(NC(=O)CCn2nc(C(F)(F)F)c(Cl)c2C2CC2)c(C(=O)OCC)c1C. The maximum Gasteiger partial charge on any atom is 0.436 e. The highest BCUT2D eigenvalue weighted by atomic mass is 35.5. The van der Waals surface area contributed by atoms with Crippen LogP contribution in [0.5, 0.6) is 0 Å². The largest absolute Gasteiger partial charge is 0.462 e. The molecule has 1 N–H and O–H groups in total. The van der Waals surface area contributed by atoms with E-state index in [-0.39, 0.29) is 53.2 Å². The predicted octanol–water partition coefficient (Wildman–Crippen LogP) is 5.18. The zero-order valence-electron chi connectivity index (χ0n) is 18.7. The van der Waals surface area contributed by atoms with Crippen LogP contribution < -0.4 is 5.32 Å². The second-order valence-electron chi connectivity index (χ2n) is 7.54. The van der Waals surface area contributed by atoms with E-state index in [4.69, 9.17) is 21.1 Å². The minimum Gasteiger partial charge on any atom is -0.462 e. The topological polar surface area (TPSA) is 99.5 Å². The molecule has 0 spiro atoms. The van der Waals surface area contributed by atoms with E-state index >= 15 is 0 Å². The van der Waals surface area contributed by atoms with Gasteiger partial charge in [-0.25, -0.2) is 9.59 Å². The van der Waals surface area contributed by atoms with Gasteiger partial charge in [0.25, 0.3) is 0 Å². The van der Waals surface area contributed by atoms with E-state index < -0.39 is 34.7 Å². The number of nitrogens with one attached hydrogen (secondary N) is 1. The van der Waals surface area contributed by atoms with Crippen molar-refractivity contribution in [3.63, 3.8) is 0 Å². The van der Waals surface area contributed by atoms with E-state index in [2.05, 4.69) is 10.4 Å². The number of ether oxygens (including phenoxy) is 2. The van der Waals surface area contributed by atoms with Crippen molar-refractivity contribution in [2.45, 2.75) is 58.7 Å². The summed E-state index contributed by atoms with van der Waals surface area (Å²) in [6.45, 7) is 4.86. The van der Waals surface area contributed by atoms with E-state index in [0.717, 1.165) is 16.0 Å². The van der Waals surface area contributed by atoms with Crippen LogP contribution in [0.4, 0.5) is 18.2 Å². The lowest BCUT2D eigenvalue weighted by atomic mass is 10.1. The summed E-state index contributed by atoms with van der Waals surface area (Å²) in [5.74, 6) is -2.06. The van der Waals surface area contributed by atoms with Gasteiger partial charge in [0.2, 0.25) is 5.91 Å². The summed E-state index contributed by atoms with van der Waals surface area (Å²) in [6, 6.07) is 0. The summed E-state index contributed by atoms with van der Waals surface area (Å²) >= 11 is 6.82. The van der Waals surface area contributed by atoms with Gasteiger partial charge >= 0.3 is 18.1 Å². The molecule has 2 aromatic rings. The molecule has 1 amide bonds. The molecule has 2 heterocycles. The minimum absolute atomic E-state index is 0.0309. The fourth-order valence-electron chi connectivity index (χ4n) is 3.39. The number of esters is 2. The molecular weight excluding hydrogens is 499 g/mol. The van der Waals surface area contributed by atoms with Crippen LogP contribution in [0, 0.1) is 6.92 Å². The van der Waals surface area contributed by atoms with Crippen molar-refractivity contribution >= 4 is 45.8 Å². The Hall–Kier alpha value is -2.60.